The standard InChI is InChI=1S/C15H19N3O4S/c1-18-8-14(16-10-18)23(19,20)17-7-11-6-12-4-3-5-13(21-2)15(12)22-9-11/h3-5,8,10-11,17H,6-7,9H2,1-2H3/t11-/m1/s1. The molecule has 1 aliphatic rings. The summed E-state index contributed by atoms with van der Waals surface area (Å²) in [6.07, 6.45) is 3.66. The van der Waals surface area contributed by atoms with Gasteiger partial charge in [0.15, 0.2) is 16.5 Å². The smallest absolute Gasteiger partial charge is 0.259 e. The van der Waals surface area contributed by atoms with Gasteiger partial charge < -0.3 is 14.0 Å². The van der Waals surface area contributed by atoms with Crippen molar-refractivity contribution in [2.45, 2.75) is 11.4 Å². The van der Waals surface area contributed by atoms with E-state index < -0.39 is 10.0 Å². The molecule has 0 aliphatic carbocycles. The van der Waals surface area contributed by atoms with Gasteiger partial charge in [-0.1, -0.05) is 12.1 Å². The number of methoxy groups -OCH3 is 1. The summed E-state index contributed by atoms with van der Waals surface area (Å²) >= 11 is 0. The summed E-state index contributed by atoms with van der Waals surface area (Å²) in [4.78, 5) is 3.87. The highest BCUT2D eigenvalue weighted by atomic mass is 32.2. The highest BCUT2D eigenvalue weighted by Gasteiger charge is 2.25. The number of para-hydroxylation sites is 1. The molecule has 0 amide bonds. The third-order valence-corrected chi connectivity index (χ3v) is 5.08. The second-order valence-corrected chi connectivity index (χ2v) is 7.27. The van der Waals surface area contributed by atoms with E-state index >= 15 is 0 Å². The molecule has 0 spiro atoms. The van der Waals surface area contributed by atoms with Crippen molar-refractivity contribution < 1.29 is 17.9 Å². The zero-order chi connectivity index (χ0) is 16.4. The topological polar surface area (TPSA) is 82.5 Å². The van der Waals surface area contributed by atoms with Crippen LogP contribution in [-0.4, -0.2) is 38.2 Å². The number of nitrogens with one attached hydrogen (secondary N) is 1. The molecular weight excluding hydrogens is 318 g/mol. The van der Waals surface area contributed by atoms with Crippen LogP contribution in [0.3, 0.4) is 0 Å². The third-order valence-electron chi connectivity index (χ3n) is 3.77. The summed E-state index contributed by atoms with van der Waals surface area (Å²) < 4.78 is 39.6. The van der Waals surface area contributed by atoms with Crippen molar-refractivity contribution in [2.24, 2.45) is 13.0 Å². The van der Waals surface area contributed by atoms with E-state index in [0.29, 0.717) is 18.9 Å². The zero-order valence-corrected chi connectivity index (χ0v) is 13.8. The van der Waals surface area contributed by atoms with E-state index in [2.05, 4.69) is 9.71 Å². The number of benzene rings is 1. The quantitative estimate of drug-likeness (QED) is 0.879. The minimum atomic E-state index is -3.59. The SMILES string of the molecule is COc1cccc2c1OC[C@@H](CNS(=O)(=O)c1cn(C)cn1)C2. The lowest BCUT2D eigenvalue weighted by atomic mass is 9.96. The number of imidazole rings is 1. The number of nitrogens with zero attached hydrogens (tertiary/aromatic N) is 2. The molecule has 0 saturated carbocycles. The van der Waals surface area contributed by atoms with Gasteiger partial charge in [0.1, 0.15) is 0 Å². The number of hydrogen-bond donors (Lipinski definition) is 1. The summed E-state index contributed by atoms with van der Waals surface area (Å²) in [5, 5.41) is 0.0267. The fourth-order valence-corrected chi connectivity index (χ4v) is 3.67. The predicted molar refractivity (Wildman–Crippen MR) is 84.1 cm³/mol. The van der Waals surface area contributed by atoms with Crippen molar-refractivity contribution in [1.82, 2.24) is 14.3 Å². The Balaban J connectivity index is 1.66. The summed E-state index contributed by atoms with van der Waals surface area (Å²) in [7, 11) is -0.260. The van der Waals surface area contributed by atoms with E-state index in [0.717, 1.165) is 17.7 Å². The second-order valence-electron chi connectivity index (χ2n) is 5.56. The lowest BCUT2D eigenvalue weighted by Crippen LogP contribution is -2.35. The Morgan fingerprint density at radius 1 is 1.48 bits per heavy atom. The molecule has 0 unspecified atom stereocenters. The Bertz CT molecular complexity index is 801. The summed E-state index contributed by atoms with van der Waals surface area (Å²) in [5.74, 6) is 1.52. The van der Waals surface area contributed by atoms with Crippen molar-refractivity contribution in [1.29, 1.82) is 0 Å². The van der Waals surface area contributed by atoms with Crippen LogP contribution in [0, 0.1) is 5.92 Å². The van der Waals surface area contributed by atoms with Crippen LogP contribution in [0.5, 0.6) is 11.5 Å². The number of hydrogen-bond acceptors (Lipinski definition) is 5. The first-order valence-electron chi connectivity index (χ1n) is 7.26. The van der Waals surface area contributed by atoms with E-state index in [4.69, 9.17) is 9.47 Å². The molecule has 0 radical (unpaired) electrons. The molecule has 1 aromatic carbocycles. The monoisotopic (exact) mass is 337 g/mol. The van der Waals surface area contributed by atoms with Crippen molar-refractivity contribution in [3.8, 4) is 11.5 Å². The number of aromatic nitrogens is 2. The second kappa shape index (κ2) is 6.21. The Morgan fingerprint density at radius 2 is 2.30 bits per heavy atom. The van der Waals surface area contributed by atoms with Crippen LogP contribution < -0.4 is 14.2 Å². The number of ether oxygens (including phenoxy) is 2. The maximum Gasteiger partial charge on any atom is 0.259 e. The van der Waals surface area contributed by atoms with Crippen LogP contribution in [0.25, 0.3) is 0 Å². The van der Waals surface area contributed by atoms with Gasteiger partial charge in [-0.3, -0.25) is 0 Å². The fraction of sp³-hybridized carbons (Fsp3) is 0.400. The van der Waals surface area contributed by atoms with Crippen LogP contribution in [0.15, 0.2) is 35.7 Å². The van der Waals surface area contributed by atoms with Crippen LogP contribution >= 0.6 is 0 Å². The molecular formula is C15H19N3O4S. The van der Waals surface area contributed by atoms with Crippen LogP contribution in [0.2, 0.25) is 0 Å². The van der Waals surface area contributed by atoms with Crippen LogP contribution in [0.4, 0.5) is 0 Å². The maximum atomic E-state index is 12.2. The van der Waals surface area contributed by atoms with Gasteiger partial charge in [0.25, 0.3) is 10.0 Å². The van der Waals surface area contributed by atoms with E-state index in [-0.39, 0.29) is 10.9 Å². The lowest BCUT2D eigenvalue weighted by molar-refractivity contribution is 0.213. The molecule has 0 saturated heterocycles. The number of fused-ring (bicyclic) bond motifs is 1. The molecule has 0 fully saturated rings. The molecule has 1 N–H and O–H groups in total. The van der Waals surface area contributed by atoms with Gasteiger partial charge in [-0.15, -0.1) is 0 Å². The largest absolute Gasteiger partial charge is 0.493 e. The van der Waals surface area contributed by atoms with E-state index in [1.807, 2.05) is 18.2 Å². The van der Waals surface area contributed by atoms with Crippen LogP contribution in [0.1, 0.15) is 5.56 Å². The van der Waals surface area contributed by atoms with Crippen molar-refractivity contribution in [3.63, 3.8) is 0 Å². The van der Waals surface area contributed by atoms with Gasteiger partial charge in [-0.2, -0.15) is 0 Å². The van der Waals surface area contributed by atoms with Gasteiger partial charge in [0.2, 0.25) is 0 Å². The number of sulfonamides is 1. The number of rotatable bonds is 5. The minimum Gasteiger partial charge on any atom is -0.493 e. The summed E-state index contributed by atoms with van der Waals surface area (Å²) in [6.45, 7) is 0.744. The first-order chi connectivity index (χ1) is 11.0. The fourth-order valence-electron chi connectivity index (χ4n) is 2.58. The van der Waals surface area contributed by atoms with E-state index in [1.165, 1.54) is 12.5 Å². The van der Waals surface area contributed by atoms with Crippen molar-refractivity contribution in [2.75, 3.05) is 20.3 Å². The Hall–Kier alpha value is -2.06. The first kappa shape index (κ1) is 15.8. The Morgan fingerprint density at radius 3 is 3.00 bits per heavy atom. The molecule has 124 valence electrons. The Labute approximate surface area is 135 Å². The van der Waals surface area contributed by atoms with Crippen molar-refractivity contribution >= 4 is 10.0 Å². The molecule has 7 nitrogen and oxygen atoms in total. The summed E-state index contributed by atoms with van der Waals surface area (Å²) in [6, 6.07) is 5.72. The predicted octanol–water partition coefficient (Wildman–Crippen LogP) is 0.958. The van der Waals surface area contributed by atoms with Gasteiger partial charge in [-0.25, -0.2) is 18.1 Å². The highest BCUT2D eigenvalue weighted by molar-refractivity contribution is 7.89. The van der Waals surface area contributed by atoms with Crippen LogP contribution in [-0.2, 0) is 23.5 Å². The lowest BCUT2D eigenvalue weighted by Gasteiger charge is -2.26. The average molecular weight is 337 g/mol. The Kier molecular flexibility index (Phi) is 4.27. The molecule has 0 bridgehead atoms. The molecule has 8 heteroatoms. The van der Waals surface area contributed by atoms with Gasteiger partial charge >= 0.3 is 0 Å². The minimum absolute atomic E-state index is 0.0267. The molecule has 2 aromatic rings. The van der Waals surface area contributed by atoms with Gasteiger partial charge in [0, 0.05) is 25.7 Å². The summed E-state index contributed by atoms with van der Waals surface area (Å²) in [5.41, 5.74) is 1.03. The number of aryl methyl sites for hydroxylation is 1. The van der Waals surface area contributed by atoms with E-state index in [1.54, 1.807) is 18.7 Å². The van der Waals surface area contributed by atoms with Gasteiger partial charge in [-0.05, 0) is 18.1 Å². The molecule has 2 heterocycles. The molecule has 23 heavy (non-hydrogen) atoms. The highest BCUT2D eigenvalue weighted by Crippen LogP contribution is 2.35. The third kappa shape index (κ3) is 3.32. The first-order valence-corrected chi connectivity index (χ1v) is 8.74. The van der Waals surface area contributed by atoms with Crippen molar-refractivity contribution in [3.05, 3.63) is 36.3 Å². The maximum absolute atomic E-state index is 12.2. The average Bonchev–Trinajstić information content (AvgIpc) is 2.99. The van der Waals surface area contributed by atoms with E-state index in [9.17, 15) is 8.42 Å². The molecule has 3 rings (SSSR count). The normalized spacial score (nSPS) is 17.4. The molecule has 1 aromatic heterocycles. The zero-order valence-electron chi connectivity index (χ0n) is 13.0. The van der Waals surface area contributed by atoms with Gasteiger partial charge in [0.05, 0.1) is 20.0 Å². The molecule has 1 atom stereocenters. The molecule has 1 aliphatic heterocycles.